The molecule has 2 aromatic rings. The smallest absolute Gasteiger partial charge is 0.224 e. The maximum absolute atomic E-state index is 4.62. The third-order valence-electron chi connectivity index (χ3n) is 3.53. The van der Waals surface area contributed by atoms with E-state index in [1.54, 1.807) is 0 Å². The van der Waals surface area contributed by atoms with Crippen LogP contribution in [0, 0.1) is 6.92 Å². The Morgan fingerprint density at radius 3 is 2.95 bits per heavy atom. The van der Waals surface area contributed by atoms with Gasteiger partial charge in [-0.25, -0.2) is 4.98 Å². The van der Waals surface area contributed by atoms with E-state index < -0.39 is 0 Å². The molecule has 0 unspecified atom stereocenters. The van der Waals surface area contributed by atoms with Crippen molar-refractivity contribution in [2.45, 2.75) is 19.8 Å². The summed E-state index contributed by atoms with van der Waals surface area (Å²) >= 11 is 0. The molecule has 0 aliphatic carbocycles. The summed E-state index contributed by atoms with van der Waals surface area (Å²) in [6.07, 6.45) is 4.19. The molecule has 0 fully saturated rings. The van der Waals surface area contributed by atoms with E-state index in [0.717, 1.165) is 30.8 Å². The van der Waals surface area contributed by atoms with Gasteiger partial charge in [0.15, 0.2) is 0 Å². The van der Waals surface area contributed by atoms with Crippen LogP contribution < -0.4 is 10.2 Å². The summed E-state index contributed by atoms with van der Waals surface area (Å²) in [5.41, 5.74) is 3.78. The minimum atomic E-state index is 0.670. The van der Waals surface area contributed by atoms with Gasteiger partial charge < -0.3 is 10.2 Å². The summed E-state index contributed by atoms with van der Waals surface area (Å²) in [6.45, 7) is 3.07. The maximum atomic E-state index is 4.62. The summed E-state index contributed by atoms with van der Waals surface area (Å²) in [6, 6.07) is 8.58. The molecule has 19 heavy (non-hydrogen) atoms. The second-order valence-electron chi connectivity index (χ2n) is 4.83. The zero-order valence-corrected chi connectivity index (χ0v) is 11.3. The molecule has 1 aromatic carbocycles. The van der Waals surface area contributed by atoms with Crippen molar-refractivity contribution in [1.29, 1.82) is 0 Å². The van der Waals surface area contributed by atoms with Gasteiger partial charge in [0.05, 0.1) is 0 Å². The van der Waals surface area contributed by atoms with Crippen molar-refractivity contribution < 1.29 is 0 Å². The first kappa shape index (κ1) is 12.0. The molecule has 0 amide bonds. The van der Waals surface area contributed by atoms with E-state index in [2.05, 4.69) is 51.4 Å². The molecule has 0 atom stereocenters. The Bertz CT molecular complexity index is 594. The highest BCUT2D eigenvalue weighted by Gasteiger charge is 2.20. The first-order chi connectivity index (χ1) is 9.29. The third-order valence-corrected chi connectivity index (χ3v) is 3.53. The quantitative estimate of drug-likeness (QED) is 0.894. The van der Waals surface area contributed by atoms with Gasteiger partial charge in [-0.2, -0.15) is 4.98 Å². The van der Waals surface area contributed by atoms with Crippen molar-refractivity contribution in [2.24, 2.45) is 0 Å². The van der Waals surface area contributed by atoms with Crippen LogP contribution in [0.2, 0.25) is 0 Å². The normalized spacial score (nSPS) is 14.1. The number of rotatable bonds is 2. The second-order valence-corrected chi connectivity index (χ2v) is 4.83. The fourth-order valence-electron chi connectivity index (χ4n) is 2.58. The zero-order valence-electron chi connectivity index (χ0n) is 11.3. The van der Waals surface area contributed by atoms with Crippen LogP contribution >= 0.6 is 0 Å². The van der Waals surface area contributed by atoms with Crippen LogP contribution in [-0.4, -0.2) is 23.6 Å². The largest absolute Gasteiger partial charge is 0.357 e. The minimum Gasteiger partial charge on any atom is -0.357 e. The van der Waals surface area contributed by atoms with Crippen molar-refractivity contribution in [3.8, 4) is 0 Å². The SMILES string of the molecule is CNc1ncc(C)c(N2CCCc3ccccc32)n1. The van der Waals surface area contributed by atoms with Crippen molar-refractivity contribution in [3.63, 3.8) is 0 Å². The summed E-state index contributed by atoms with van der Waals surface area (Å²) in [7, 11) is 1.85. The Kier molecular flexibility index (Phi) is 3.07. The van der Waals surface area contributed by atoms with Crippen molar-refractivity contribution in [3.05, 3.63) is 41.6 Å². The fraction of sp³-hybridized carbons (Fsp3) is 0.333. The van der Waals surface area contributed by atoms with Crippen LogP contribution in [0.25, 0.3) is 0 Å². The van der Waals surface area contributed by atoms with E-state index in [9.17, 15) is 0 Å². The van der Waals surface area contributed by atoms with Gasteiger partial charge in [-0.1, -0.05) is 18.2 Å². The summed E-state index contributed by atoms with van der Waals surface area (Å²) in [4.78, 5) is 11.2. The summed E-state index contributed by atoms with van der Waals surface area (Å²) in [5.74, 6) is 1.68. The van der Waals surface area contributed by atoms with E-state index in [1.165, 1.54) is 11.3 Å². The van der Waals surface area contributed by atoms with E-state index in [0.29, 0.717) is 5.95 Å². The third kappa shape index (κ3) is 2.14. The Morgan fingerprint density at radius 1 is 1.26 bits per heavy atom. The van der Waals surface area contributed by atoms with Gasteiger partial charge in [-0.05, 0) is 31.4 Å². The number of aromatic nitrogens is 2. The second kappa shape index (κ2) is 4.88. The van der Waals surface area contributed by atoms with Gasteiger partial charge in [-0.15, -0.1) is 0 Å². The van der Waals surface area contributed by atoms with Crippen LogP contribution in [0.4, 0.5) is 17.5 Å². The molecule has 0 saturated heterocycles. The first-order valence-corrected chi connectivity index (χ1v) is 6.66. The van der Waals surface area contributed by atoms with Crippen LogP contribution in [-0.2, 0) is 6.42 Å². The van der Waals surface area contributed by atoms with Crippen LogP contribution in [0.3, 0.4) is 0 Å². The summed E-state index contributed by atoms with van der Waals surface area (Å²) < 4.78 is 0. The van der Waals surface area contributed by atoms with Crippen molar-refractivity contribution >= 4 is 17.5 Å². The van der Waals surface area contributed by atoms with Crippen molar-refractivity contribution in [1.82, 2.24) is 9.97 Å². The lowest BCUT2D eigenvalue weighted by Crippen LogP contribution is -2.26. The Balaban J connectivity index is 2.08. The van der Waals surface area contributed by atoms with Gasteiger partial charge in [0.25, 0.3) is 0 Å². The molecule has 4 nitrogen and oxygen atoms in total. The Labute approximate surface area is 113 Å². The molecule has 0 bridgehead atoms. The van der Waals surface area contributed by atoms with Gasteiger partial charge in [0.2, 0.25) is 5.95 Å². The highest BCUT2D eigenvalue weighted by molar-refractivity contribution is 5.67. The number of para-hydroxylation sites is 1. The molecule has 1 aliphatic heterocycles. The van der Waals surface area contributed by atoms with Crippen molar-refractivity contribution in [2.75, 3.05) is 23.8 Å². The van der Waals surface area contributed by atoms with Gasteiger partial charge in [0.1, 0.15) is 5.82 Å². The minimum absolute atomic E-state index is 0.670. The van der Waals surface area contributed by atoms with E-state index >= 15 is 0 Å². The van der Waals surface area contributed by atoms with E-state index in [1.807, 2.05) is 13.2 Å². The molecule has 0 radical (unpaired) electrons. The number of hydrogen-bond acceptors (Lipinski definition) is 4. The topological polar surface area (TPSA) is 41.1 Å². The van der Waals surface area contributed by atoms with Crippen LogP contribution in [0.15, 0.2) is 30.5 Å². The zero-order chi connectivity index (χ0) is 13.2. The molecule has 4 heteroatoms. The monoisotopic (exact) mass is 254 g/mol. The molecule has 1 aliphatic rings. The molecular weight excluding hydrogens is 236 g/mol. The number of aryl methyl sites for hydroxylation is 2. The molecular formula is C15H18N4. The Hall–Kier alpha value is -2.10. The molecule has 1 aromatic heterocycles. The van der Waals surface area contributed by atoms with Gasteiger partial charge in [0, 0.05) is 31.0 Å². The predicted octanol–water partition coefficient (Wildman–Crippen LogP) is 2.91. The number of anilines is 3. The first-order valence-electron chi connectivity index (χ1n) is 6.66. The standard InChI is InChI=1S/C15H18N4/c1-11-10-17-15(16-2)18-14(11)19-9-5-7-12-6-3-4-8-13(12)19/h3-4,6,8,10H,5,7,9H2,1-2H3,(H,16,17,18). The lowest BCUT2D eigenvalue weighted by atomic mass is 10.0. The predicted molar refractivity (Wildman–Crippen MR) is 78.1 cm³/mol. The summed E-state index contributed by atoms with van der Waals surface area (Å²) in [5, 5.41) is 3.01. The molecule has 1 N–H and O–H groups in total. The molecule has 0 saturated carbocycles. The van der Waals surface area contributed by atoms with E-state index in [4.69, 9.17) is 0 Å². The highest BCUT2D eigenvalue weighted by atomic mass is 15.2. The number of nitrogens with zero attached hydrogens (tertiary/aromatic N) is 3. The van der Waals surface area contributed by atoms with Gasteiger partial charge in [-0.3, -0.25) is 0 Å². The molecule has 2 heterocycles. The average molecular weight is 254 g/mol. The Morgan fingerprint density at radius 2 is 2.11 bits per heavy atom. The number of benzene rings is 1. The van der Waals surface area contributed by atoms with Crippen LogP contribution in [0.5, 0.6) is 0 Å². The van der Waals surface area contributed by atoms with Crippen LogP contribution in [0.1, 0.15) is 17.5 Å². The average Bonchev–Trinajstić information content (AvgIpc) is 2.47. The van der Waals surface area contributed by atoms with E-state index in [-0.39, 0.29) is 0 Å². The lowest BCUT2D eigenvalue weighted by molar-refractivity contribution is 0.756. The molecule has 3 rings (SSSR count). The number of hydrogen-bond donors (Lipinski definition) is 1. The molecule has 0 spiro atoms. The molecule has 98 valence electrons. The van der Waals surface area contributed by atoms with Gasteiger partial charge >= 0.3 is 0 Å². The number of nitrogens with one attached hydrogen (secondary N) is 1. The lowest BCUT2D eigenvalue weighted by Gasteiger charge is -2.31. The highest BCUT2D eigenvalue weighted by Crippen LogP contribution is 2.33. The number of fused-ring (bicyclic) bond motifs is 1. The maximum Gasteiger partial charge on any atom is 0.224 e. The fourth-order valence-corrected chi connectivity index (χ4v) is 2.58.